The molecular weight excluding hydrogens is 409 g/mol. The molecule has 4 rings (SSSR count). The minimum absolute atomic E-state index is 0.0299. The number of nitrogens with zero attached hydrogens (tertiary/aromatic N) is 3. The molecule has 0 unspecified atom stereocenters. The average Bonchev–Trinajstić information content (AvgIpc) is 3.37. The third-order valence-corrected chi connectivity index (χ3v) is 5.65. The van der Waals surface area contributed by atoms with Gasteiger partial charge < -0.3 is 25.8 Å². The molecule has 2 aromatic heterocycles. The van der Waals surface area contributed by atoms with Crippen molar-refractivity contribution >= 4 is 30.3 Å². The molecule has 0 radical (unpaired) electrons. The lowest BCUT2D eigenvalue weighted by Crippen LogP contribution is -2.53. The molecule has 10 nitrogen and oxygen atoms in total. The van der Waals surface area contributed by atoms with Crippen LogP contribution in [0.4, 0.5) is 0 Å². The summed E-state index contributed by atoms with van der Waals surface area (Å²) < 4.78 is 6.78. The SMILES string of the molecule is NCc1cc(-c2cn(CC(=O)N[C@H]3Cc4cccc(C(=O)O)c4OB3O)nn2)cs1. The van der Waals surface area contributed by atoms with Gasteiger partial charge in [-0.2, -0.15) is 0 Å². The van der Waals surface area contributed by atoms with E-state index in [4.69, 9.17) is 10.4 Å². The van der Waals surface area contributed by atoms with E-state index in [1.54, 1.807) is 18.3 Å². The molecule has 0 aliphatic carbocycles. The summed E-state index contributed by atoms with van der Waals surface area (Å²) in [6.07, 6.45) is 1.90. The van der Waals surface area contributed by atoms with Gasteiger partial charge in [0.1, 0.15) is 18.0 Å². The summed E-state index contributed by atoms with van der Waals surface area (Å²) in [5.74, 6) is -2.13. The molecule has 1 amide bonds. The van der Waals surface area contributed by atoms with E-state index in [-0.39, 0.29) is 30.2 Å². The van der Waals surface area contributed by atoms with Crippen LogP contribution in [0.5, 0.6) is 5.75 Å². The Balaban J connectivity index is 1.41. The first-order valence-corrected chi connectivity index (χ1v) is 10.00. The zero-order valence-corrected chi connectivity index (χ0v) is 16.5. The van der Waals surface area contributed by atoms with Gasteiger partial charge >= 0.3 is 13.1 Å². The molecule has 5 N–H and O–H groups in total. The van der Waals surface area contributed by atoms with E-state index in [1.807, 2.05) is 11.4 Å². The van der Waals surface area contributed by atoms with E-state index in [0.717, 1.165) is 10.4 Å². The normalized spacial score (nSPS) is 15.4. The highest BCUT2D eigenvalue weighted by Gasteiger charge is 2.37. The molecule has 30 heavy (non-hydrogen) atoms. The number of benzene rings is 1. The van der Waals surface area contributed by atoms with Gasteiger partial charge in [0.25, 0.3) is 0 Å². The molecule has 3 aromatic rings. The fraction of sp³-hybridized carbons (Fsp3) is 0.222. The highest BCUT2D eigenvalue weighted by atomic mass is 32.1. The maximum absolute atomic E-state index is 12.4. The highest BCUT2D eigenvalue weighted by Crippen LogP contribution is 2.30. The number of carbonyl (C=O) groups excluding carboxylic acids is 1. The number of carboxylic acid groups (broad SMARTS) is 1. The summed E-state index contributed by atoms with van der Waals surface area (Å²) in [5, 5.41) is 32.2. The number of carbonyl (C=O) groups is 2. The summed E-state index contributed by atoms with van der Waals surface area (Å²) in [4.78, 5) is 24.8. The maximum Gasteiger partial charge on any atom is 0.547 e. The maximum atomic E-state index is 12.4. The van der Waals surface area contributed by atoms with Crippen LogP contribution in [0.15, 0.2) is 35.8 Å². The van der Waals surface area contributed by atoms with Crippen molar-refractivity contribution in [1.82, 2.24) is 20.3 Å². The van der Waals surface area contributed by atoms with Crippen molar-refractivity contribution < 1.29 is 24.4 Å². The van der Waals surface area contributed by atoms with Crippen LogP contribution in [0.2, 0.25) is 0 Å². The predicted molar refractivity (Wildman–Crippen MR) is 109 cm³/mol. The number of rotatable bonds is 6. The number of amides is 1. The van der Waals surface area contributed by atoms with Crippen LogP contribution < -0.4 is 15.7 Å². The van der Waals surface area contributed by atoms with E-state index in [0.29, 0.717) is 17.8 Å². The molecule has 0 fully saturated rings. The molecule has 0 bridgehead atoms. The van der Waals surface area contributed by atoms with E-state index in [9.17, 15) is 19.7 Å². The van der Waals surface area contributed by atoms with Crippen LogP contribution >= 0.6 is 11.3 Å². The molecular formula is C18H18BN5O5S. The number of hydrogen-bond donors (Lipinski definition) is 4. The summed E-state index contributed by atoms with van der Waals surface area (Å²) in [6, 6.07) is 6.63. The number of nitrogens with one attached hydrogen (secondary N) is 1. The fourth-order valence-corrected chi connectivity index (χ4v) is 4.00. The number of aromatic carboxylic acids is 1. The fourth-order valence-electron chi connectivity index (χ4n) is 3.25. The van der Waals surface area contributed by atoms with Gasteiger partial charge in [-0.05, 0) is 24.1 Å². The van der Waals surface area contributed by atoms with Crippen molar-refractivity contribution in [3.63, 3.8) is 0 Å². The second-order valence-corrected chi connectivity index (χ2v) is 7.79. The number of para-hydroxylation sites is 1. The monoisotopic (exact) mass is 427 g/mol. The van der Waals surface area contributed by atoms with Crippen molar-refractivity contribution in [1.29, 1.82) is 0 Å². The predicted octanol–water partition coefficient (Wildman–Crippen LogP) is 0.303. The number of aromatic nitrogens is 3. The largest absolute Gasteiger partial charge is 0.547 e. The summed E-state index contributed by atoms with van der Waals surface area (Å²) in [6.45, 7) is 0.357. The Hall–Kier alpha value is -3.22. The van der Waals surface area contributed by atoms with E-state index >= 15 is 0 Å². The molecule has 0 saturated carbocycles. The Kier molecular flexibility index (Phi) is 5.53. The number of fused-ring (bicyclic) bond motifs is 1. The third kappa shape index (κ3) is 4.06. The summed E-state index contributed by atoms with van der Waals surface area (Å²) in [5.41, 5.74) is 7.71. The first-order chi connectivity index (χ1) is 14.4. The topological polar surface area (TPSA) is 153 Å². The third-order valence-electron chi connectivity index (χ3n) is 4.69. The Morgan fingerprint density at radius 3 is 3.00 bits per heavy atom. The lowest BCUT2D eigenvalue weighted by atomic mass is 9.72. The minimum atomic E-state index is -1.37. The van der Waals surface area contributed by atoms with Crippen LogP contribution in [0, 0.1) is 0 Å². The lowest BCUT2D eigenvalue weighted by molar-refractivity contribution is -0.122. The van der Waals surface area contributed by atoms with Crippen LogP contribution in [0.1, 0.15) is 20.8 Å². The van der Waals surface area contributed by atoms with E-state index in [2.05, 4.69) is 15.6 Å². The van der Waals surface area contributed by atoms with E-state index < -0.39 is 19.0 Å². The van der Waals surface area contributed by atoms with Crippen molar-refractivity contribution in [2.24, 2.45) is 5.73 Å². The molecule has 1 aromatic carbocycles. The van der Waals surface area contributed by atoms with Gasteiger partial charge in [-0.3, -0.25) is 4.79 Å². The van der Waals surface area contributed by atoms with Gasteiger partial charge in [0.05, 0.1) is 17.7 Å². The van der Waals surface area contributed by atoms with Gasteiger partial charge in [0.2, 0.25) is 5.91 Å². The second-order valence-electron chi connectivity index (χ2n) is 6.79. The standard InChI is InChI=1S/C18H18BN5O5S/c20-6-12-4-11(9-30-12)14-7-24(23-22-14)8-16(25)21-15-5-10-2-1-3-13(18(26)27)17(10)29-19(15)28/h1-4,7,9,15,28H,5-6,8,20H2,(H,21,25)(H,26,27)/t15-/m0/s1. The minimum Gasteiger partial charge on any atom is -0.534 e. The van der Waals surface area contributed by atoms with Crippen LogP contribution in [-0.2, 0) is 24.3 Å². The van der Waals surface area contributed by atoms with Gasteiger partial charge in [-0.15, -0.1) is 16.4 Å². The lowest BCUT2D eigenvalue weighted by Gasteiger charge is -2.28. The van der Waals surface area contributed by atoms with Crippen molar-refractivity contribution in [3.05, 3.63) is 51.8 Å². The molecule has 1 atom stereocenters. The Morgan fingerprint density at radius 2 is 2.27 bits per heavy atom. The molecule has 12 heteroatoms. The van der Waals surface area contributed by atoms with Crippen LogP contribution in [-0.4, -0.2) is 50.1 Å². The number of hydrogen-bond acceptors (Lipinski definition) is 8. The van der Waals surface area contributed by atoms with Gasteiger partial charge in [0, 0.05) is 22.4 Å². The van der Waals surface area contributed by atoms with Crippen LogP contribution in [0.3, 0.4) is 0 Å². The first-order valence-electron chi connectivity index (χ1n) is 9.12. The molecule has 0 spiro atoms. The molecule has 154 valence electrons. The Morgan fingerprint density at radius 1 is 1.43 bits per heavy atom. The number of nitrogens with two attached hydrogens (primary N) is 1. The zero-order chi connectivity index (χ0) is 21.3. The number of carboxylic acids is 1. The molecule has 3 heterocycles. The molecule has 1 aliphatic heterocycles. The Labute approximate surface area is 175 Å². The van der Waals surface area contributed by atoms with Gasteiger partial charge in [-0.1, -0.05) is 17.3 Å². The van der Waals surface area contributed by atoms with Crippen molar-refractivity contribution in [2.75, 3.05) is 0 Å². The second kappa shape index (κ2) is 8.26. The number of thiophene rings is 1. The van der Waals surface area contributed by atoms with Crippen LogP contribution in [0.25, 0.3) is 11.3 Å². The van der Waals surface area contributed by atoms with Gasteiger partial charge in [0.15, 0.2) is 0 Å². The summed E-state index contributed by atoms with van der Waals surface area (Å²) >= 11 is 1.53. The first kappa shape index (κ1) is 20.1. The highest BCUT2D eigenvalue weighted by molar-refractivity contribution is 7.10. The average molecular weight is 427 g/mol. The van der Waals surface area contributed by atoms with Crippen molar-refractivity contribution in [2.45, 2.75) is 25.5 Å². The zero-order valence-electron chi connectivity index (χ0n) is 15.7. The molecule has 0 saturated heterocycles. The Bertz CT molecular complexity index is 1100. The smallest absolute Gasteiger partial charge is 0.534 e. The summed E-state index contributed by atoms with van der Waals surface area (Å²) in [7, 11) is -1.37. The quantitative estimate of drug-likeness (QED) is 0.410. The van der Waals surface area contributed by atoms with Crippen molar-refractivity contribution in [3.8, 4) is 17.0 Å². The van der Waals surface area contributed by atoms with E-state index in [1.165, 1.54) is 22.1 Å². The van der Waals surface area contributed by atoms with Gasteiger partial charge in [-0.25, -0.2) is 9.48 Å². The molecule has 1 aliphatic rings.